The van der Waals surface area contributed by atoms with Crippen molar-refractivity contribution in [2.75, 3.05) is 0 Å². The third-order valence-electron chi connectivity index (χ3n) is 10.1. The van der Waals surface area contributed by atoms with Crippen LogP contribution in [-0.4, -0.2) is 11.2 Å². The van der Waals surface area contributed by atoms with Gasteiger partial charge in [0.15, 0.2) is 0 Å². The van der Waals surface area contributed by atoms with Crippen molar-refractivity contribution in [1.82, 2.24) is 0 Å². The van der Waals surface area contributed by atoms with Gasteiger partial charge >= 0.3 is 0 Å². The van der Waals surface area contributed by atoms with Crippen LogP contribution in [0.5, 0.6) is 0 Å². The van der Waals surface area contributed by atoms with Crippen molar-refractivity contribution in [2.24, 2.45) is 46.3 Å². The Balaban J connectivity index is 1.58. The Kier molecular flexibility index (Phi) is 5.69. The molecule has 4 rings (SSSR count). The van der Waals surface area contributed by atoms with Crippen LogP contribution in [0.3, 0.4) is 0 Å². The highest BCUT2D eigenvalue weighted by Crippen LogP contribution is 2.65. The van der Waals surface area contributed by atoms with E-state index in [1.54, 1.807) is 5.57 Å². The fourth-order valence-corrected chi connectivity index (χ4v) is 7.67. The van der Waals surface area contributed by atoms with Crippen molar-refractivity contribution >= 4 is 0 Å². The Morgan fingerprint density at radius 2 is 1.72 bits per heavy atom. The van der Waals surface area contributed by atoms with Gasteiger partial charge in [0.2, 0.25) is 0 Å². The minimum Gasteiger partial charge on any atom is -0.392 e. The molecule has 3 saturated carbocycles. The molecule has 0 aromatic carbocycles. The lowest BCUT2D eigenvalue weighted by Crippen LogP contribution is -2.50. The molecule has 4 aliphatic rings. The fraction of sp³-hybridized carbons (Fsp3) is 0.786. The van der Waals surface area contributed by atoms with E-state index in [1.165, 1.54) is 37.7 Å². The molecule has 1 heteroatoms. The van der Waals surface area contributed by atoms with Crippen LogP contribution in [0, 0.1) is 46.3 Å². The largest absolute Gasteiger partial charge is 0.392 e. The first-order valence-corrected chi connectivity index (χ1v) is 12.5. The lowest BCUT2D eigenvalue weighted by atomic mass is 9.49. The highest BCUT2D eigenvalue weighted by molar-refractivity contribution is 5.39. The first kappa shape index (κ1) is 21.4. The number of rotatable bonds is 4. The van der Waals surface area contributed by atoms with Crippen LogP contribution in [0.25, 0.3) is 0 Å². The zero-order valence-corrected chi connectivity index (χ0v) is 19.7. The molecule has 3 fully saturated rings. The van der Waals surface area contributed by atoms with Gasteiger partial charge in [-0.3, -0.25) is 0 Å². The Hall–Kier alpha value is -0.820. The second-order valence-electron chi connectivity index (χ2n) is 11.7. The average Bonchev–Trinajstić information content (AvgIpc) is 3.04. The summed E-state index contributed by atoms with van der Waals surface area (Å²) in [5.74, 6) is 4.12. The molecule has 0 radical (unpaired) electrons. The van der Waals surface area contributed by atoms with E-state index in [2.05, 4.69) is 65.8 Å². The smallest absolute Gasteiger partial charge is 0.0636 e. The van der Waals surface area contributed by atoms with E-state index in [0.29, 0.717) is 29.1 Å². The van der Waals surface area contributed by atoms with Crippen LogP contribution in [0.4, 0.5) is 0 Å². The zero-order chi connectivity index (χ0) is 21.0. The van der Waals surface area contributed by atoms with Gasteiger partial charge in [-0.15, -0.1) is 0 Å². The third-order valence-corrected chi connectivity index (χ3v) is 10.1. The molecule has 0 amide bonds. The van der Waals surface area contributed by atoms with Gasteiger partial charge in [0.05, 0.1) is 6.10 Å². The Morgan fingerprint density at radius 3 is 2.45 bits per heavy atom. The number of fused-ring (bicyclic) bond motifs is 5. The van der Waals surface area contributed by atoms with Crippen molar-refractivity contribution < 1.29 is 5.11 Å². The number of hydrogen-bond acceptors (Lipinski definition) is 1. The summed E-state index contributed by atoms with van der Waals surface area (Å²) in [6.45, 7) is 14.4. The monoisotopic (exact) mass is 396 g/mol. The van der Waals surface area contributed by atoms with Crippen molar-refractivity contribution in [1.29, 1.82) is 0 Å². The zero-order valence-electron chi connectivity index (χ0n) is 19.7. The van der Waals surface area contributed by atoms with E-state index in [1.807, 2.05) is 0 Å². The van der Waals surface area contributed by atoms with Crippen molar-refractivity contribution in [2.45, 2.75) is 92.6 Å². The predicted molar refractivity (Wildman–Crippen MR) is 123 cm³/mol. The maximum atomic E-state index is 11.0. The van der Waals surface area contributed by atoms with Gasteiger partial charge in [-0.05, 0) is 85.9 Å². The molecular weight excluding hydrogens is 352 g/mol. The van der Waals surface area contributed by atoms with Crippen molar-refractivity contribution in [3.63, 3.8) is 0 Å². The van der Waals surface area contributed by atoms with Crippen molar-refractivity contribution in [3.8, 4) is 0 Å². The topological polar surface area (TPSA) is 20.2 Å². The van der Waals surface area contributed by atoms with E-state index in [0.717, 1.165) is 24.7 Å². The van der Waals surface area contributed by atoms with E-state index < -0.39 is 0 Å². The number of hydrogen-bond donors (Lipinski definition) is 1. The molecule has 8 atom stereocenters. The van der Waals surface area contributed by atoms with Gasteiger partial charge in [-0.1, -0.05) is 77.0 Å². The van der Waals surface area contributed by atoms with Gasteiger partial charge in [0.1, 0.15) is 0 Å². The Morgan fingerprint density at radius 1 is 0.966 bits per heavy atom. The molecular formula is C28H44O. The first-order valence-electron chi connectivity index (χ1n) is 12.5. The second kappa shape index (κ2) is 7.70. The minimum absolute atomic E-state index is 0.0000345. The summed E-state index contributed by atoms with van der Waals surface area (Å²) < 4.78 is 0. The summed E-state index contributed by atoms with van der Waals surface area (Å²) in [5, 5.41) is 11.0. The third kappa shape index (κ3) is 3.31. The second-order valence-corrected chi connectivity index (χ2v) is 11.7. The van der Waals surface area contributed by atoms with Gasteiger partial charge in [0, 0.05) is 5.41 Å². The van der Waals surface area contributed by atoms with Gasteiger partial charge < -0.3 is 5.11 Å². The molecule has 29 heavy (non-hydrogen) atoms. The summed E-state index contributed by atoms with van der Waals surface area (Å²) in [4.78, 5) is 0. The molecule has 162 valence electrons. The van der Waals surface area contributed by atoms with E-state index in [4.69, 9.17) is 0 Å². The molecule has 0 aliphatic heterocycles. The van der Waals surface area contributed by atoms with Crippen LogP contribution < -0.4 is 0 Å². The lowest BCUT2D eigenvalue weighted by molar-refractivity contribution is -0.0229. The van der Waals surface area contributed by atoms with Crippen LogP contribution in [0.15, 0.2) is 35.5 Å². The molecule has 0 spiro atoms. The molecule has 2 unspecified atom stereocenters. The van der Waals surface area contributed by atoms with Gasteiger partial charge in [0.25, 0.3) is 0 Å². The van der Waals surface area contributed by atoms with Crippen LogP contribution >= 0.6 is 0 Å². The molecule has 4 aliphatic carbocycles. The summed E-state index contributed by atoms with van der Waals surface area (Å²) in [5.41, 5.74) is 3.65. The molecule has 0 bridgehead atoms. The molecule has 1 N–H and O–H groups in total. The normalized spacial score (nSPS) is 44.0. The van der Waals surface area contributed by atoms with Crippen LogP contribution in [0.2, 0.25) is 0 Å². The minimum atomic E-state index is -0.155. The van der Waals surface area contributed by atoms with Crippen molar-refractivity contribution in [3.05, 3.63) is 35.5 Å². The van der Waals surface area contributed by atoms with Crippen LogP contribution in [-0.2, 0) is 0 Å². The van der Waals surface area contributed by atoms with Gasteiger partial charge in [-0.25, -0.2) is 0 Å². The summed E-state index contributed by atoms with van der Waals surface area (Å²) >= 11 is 0. The Labute approximate surface area is 179 Å². The Bertz CT molecular complexity index is 712. The maximum Gasteiger partial charge on any atom is 0.0636 e. The standard InChI is InChI=1S/C28H44O/c1-18(2)19(3)10-11-20(4)23-14-15-24-22-13-12-21-8-7-9-26(29)28(21,6)25(22)16-17-27(23,24)5/h10-13,18-20,23-26,29H,7-9,14-17H2,1-6H3/b11-10+/t19?,20-,23-,24+,25+,26?,27-,28+/m1/s1. The van der Waals surface area contributed by atoms with Crippen LogP contribution in [0.1, 0.15) is 86.5 Å². The predicted octanol–water partition coefficient (Wildman–Crippen LogP) is 7.33. The molecule has 0 aromatic rings. The lowest BCUT2D eigenvalue weighted by Gasteiger charge is -2.56. The number of aliphatic hydroxyl groups excluding tert-OH is 1. The van der Waals surface area contributed by atoms with E-state index in [9.17, 15) is 5.11 Å². The molecule has 0 heterocycles. The molecule has 1 nitrogen and oxygen atoms in total. The average molecular weight is 397 g/mol. The molecule has 0 saturated heterocycles. The molecule has 0 aromatic heterocycles. The van der Waals surface area contributed by atoms with E-state index in [-0.39, 0.29) is 11.5 Å². The summed E-state index contributed by atoms with van der Waals surface area (Å²) in [6, 6.07) is 0. The first-order chi connectivity index (χ1) is 13.7. The SMILES string of the molecule is CC(C)C(C)/C=C/[C@@H](C)[C@H]1CC[C@H]2C3=CC=C4CCCC(O)[C@]4(C)[C@H]3CC[C@]12C. The maximum absolute atomic E-state index is 11.0. The highest BCUT2D eigenvalue weighted by Gasteiger charge is 2.58. The number of aliphatic hydroxyl groups is 1. The van der Waals surface area contributed by atoms with E-state index >= 15 is 0 Å². The summed E-state index contributed by atoms with van der Waals surface area (Å²) in [7, 11) is 0. The fourth-order valence-electron chi connectivity index (χ4n) is 7.67. The summed E-state index contributed by atoms with van der Waals surface area (Å²) in [6.07, 6.45) is 18.4. The highest BCUT2D eigenvalue weighted by atomic mass is 16.3. The quantitative estimate of drug-likeness (QED) is 0.493. The van der Waals surface area contributed by atoms with Gasteiger partial charge in [-0.2, -0.15) is 0 Å². The number of allylic oxidation sites excluding steroid dienone is 5.